The standard InChI is InChI=1S/C14H15N3O2S2/c18-6-2-1-3-10-7-12(20-8-10)9-21-14-16-15-13(19)17(14)11-4-5-11/h7-8,11,18H,2,4-6,9H2,(H,15,19). The molecule has 1 aliphatic carbocycles. The van der Waals surface area contributed by atoms with Gasteiger partial charge in [-0.25, -0.2) is 9.89 Å². The van der Waals surface area contributed by atoms with Gasteiger partial charge in [-0.3, -0.25) is 4.57 Å². The summed E-state index contributed by atoms with van der Waals surface area (Å²) in [5.74, 6) is 6.71. The molecule has 2 aromatic rings. The molecule has 5 nitrogen and oxygen atoms in total. The Bertz CT molecular complexity index is 731. The Hall–Kier alpha value is -1.49. The first-order valence-electron chi connectivity index (χ1n) is 6.75. The molecule has 0 amide bonds. The molecule has 0 atom stereocenters. The average molecular weight is 321 g/mol. The molecule has 0 saturated heterocycles. The molecule has 0 aliphatic heterocycles. The molecule has 0 bridgehead atoms. The molecule has 0 unspecified atom stereocenters. The van der Waals surface area contributed by atoms with Gasteiger partial charge in [-0.05, 0) is 18.9 Å². The van der Waals surface area contributed by atoms with E-state index >= 15 is 0 Å². The monoisotopic (exact) mass is 321 g/mol. The van der Waals surface area contributed by atoms with E-state index in [1.807, 2.05) is 11.4 Å². The largest absolute Gasteiger partial charge is 0.395 e. The fourth-order valence-corrected chi connectivity index (χ4v) is 3.81. The Morgan fingerprint density at radius 1 is 1.57 bits per heavy atom. The van der Waals surface area contributed by atoms with E-state index in [9.17, 15) is 4.79 Å². The third-order valence-electron chi connectivity index (χ3n) is 3.05. The number of aromatic nitrogens is 3. The minimum Gasteiger partial charge on any atom is -0.395 e. The van der Waals surface area contributed by atoms with Gasteiger partial charge >= 0.3 is 5.69 Å². The van der Waals surface area contributed by atoms with Crippen molar-refractivity contribution >= 4 is 23.1 Å². The Balaban J connectivity index is 1.63. The minimum absolute atomic E-state index is 0.0949. The third kappa shape index (κ3) is 3.59. The summed E-state index contributed by atoms with van der Waals surface area (Å²) in [4.78, 5) is 12.9. The number of aliphatic hydroxyl groups is 1. The predicted molar refractivity (Wildman–Crippen MR) is 83.6 cm³/mol. The highest BCUT2D eigenvalue weighted by molar-refractivity contribution is 7.98. The van der Waals surface area contributed by atoms with E-state index in [0.29, 0.717) is 12.5 Å². The lowest BCUT2D eigenvalue weighted by Gasteiger charge is -2.01. The van der Waals surface area contributed by atoms with Gasteiger partial charge in [0.15, 0.2) is 5.16 Å². The van der Waals surface area contributed by atoms with Crippen LogP contribution < -0.4 is 5.69 Å². The van der Waals surface area contributed by atoms with Crippen LogP contribution in [-0.4, -0.2) is 26.5 Å². The molecule has 1 fully saturated rings. The van der Waals surface area contributed by atoms with Crippen molar-refractivity contribution < 1.29 is 5.11 Å². The second-order valence-electron chi connectivity index (χ2n) is 4.78. The van der Waals surface area contributed by atoms with Gasteiger partial charge in [0.1, 0.15) is 0 Å². The minimum atomic E-state index is -0.110. The molecule has 7 heteroatoms. The summed E-state index contributed by atoms with van der Waals surface area (Å²) < 4.78 is 1.76. The first kappa shape index (κ1) is 14.4. The Kier molecular flexibility index (Phi) is 4.48. The molecule has 0 aromatic carbocycles. The fraction of sp³-hybridized carbons (Fsp3) is 0.429. The highest BCUT2D eigenvalue weighted by Crippen LogP contribution is 2.36. The van der Waals surface area contributed by atoms with Gasteiger partial charge in [0.25, 0.3) is 0 Å². The van der Waals surface area contributed by atoms with Crippen molar-refractivity contribution in [1.29, 1.82) is 0 Å². The third-order valence-corrected chi connectivity index (χ3v) is 5.17. The van der Waals surface area contributed by atoms with E-state index in [1.165, 1.54) is 4.88 Å². The predicted octanol–water partition coefficient (Wildman–Crippen LogP) is 1.99. The topological polar surface area (TPSA) is 70.9 Å². The number of nitrogens with one attached hydrogen (secondary N) is 1. The summed E-state index contributed by atoms with van der Waals surface area (Å²) in [6.07, 6.45) is 2.63. The Morgan fingerprint density at radius 3 is 3.19 bits per heavy atom. The van der Waals surface area contributed by atoms with Crippen LogP contribution in [0.1, 0.15) is 35.7 Å². The van der Waals surface area contributed by atoms with Gasteiger partial charge in [0.2, 0.25) is 0 Å². The molecule has 1 saturated carbocycles. The normalized spacial score (nSPS) is 14.0. The van der Waals surface area contributed by atoms with Crippen LogP contribution in [0, 0.1) is 11.8 Å². The second kappa shape index (κ2) is 6.52. The van der Waals surface area contributed by atoms with Crippen molar-refractivity contribution in [2.24, 2.45) is 0 Å². The van der Waals surface area contributed by atoms with Crippen molar-refractivity contribution in [3.8, 4) is 11.8 Å². The number of thiophene rings is 1. The van der Waals surface area contributed by atoms with Crippen LogP contribution in [0.5, 0.6) is 0 Å². The highest BCUT2D eigenvalue weighted by atomic mass is 32.2. The van der Waals surface area contributed by atoms with Gasteiger partial charge < -0.3 is 5.11 Å². The van der Waals surface area contributed by atoms with Gasteiger partial charge in [-0.2, -0.15) is 0 Å². The Morgan fingerprint density at radius 2 is 2.43 bits per heavy atom. The van der Waals surface area contributed by atoms with Crippen LogP contribution in [0.3, 0.4) is 0 Å². The lowest BCUT2D eigenvalue weighted by molar-refractivity contribution is 0.305. The van der Waals surface area contributed by atoms with Crippen LogP contribution in [0.15, 0.2) is 21.4 Å². The summed E-state index contributed by atoms with van der Waals surface area (Å²) in [6, 6.07) is 2.39. The number of hydrogen-bond donors (Lipinski definition) is 2. The summed E-state index contributed by atoms with van der Waals surface area (Å²) >= 11 is 3.23. The summed E-state index contributed by atoms with van der Waals surface area (Å²) in [7, 11) is 0. The van der Waals surface area contributed by atoms with Crippen molar-refractivity contribution in [3.63, 3.8) is 0 Å². The van der Waals surface area contributed by atoms with E-state index < -0.39 is 0 Å². The number of nitrogens with zero attached hydrogens (tertiary/aromatic N) is 2. The molecule has 2 aromatic heterocycles. The number of rotatable bonds is 5. The molecule has 0 spiro atoms. The van der Waals surface area contributed by atoms with Crippen LogP contribution in [0.25, 0.3) is 0 Å². The molecule has 3 rings (SSSR count). The van der Waals surface area contributed by atoms with Crippen LogP contribution in [-0.2, 0) is 5.75 Å². The zero-order chi connectivity index (χ0) is 14.7. The maximum atomic E-state index is 11.7. The van der Waals surface area contributed by atoms with E-state index in [1.54, 1.807) is 27.7 Å². The number of aliphatic hydroxyl groups excluding tert-OH is 1. The zero-order valence-electron chi connectivity index (χ0n) is 11.3. The smallest absolute Gasteiger partial charge is 0.344 e. The molecule has 2 N–H and O–H groups in total. The van der Waals surface area contributed by atoms with Gasteiger partial charge in [0, 0.05) is 34.0 Å². The van der Waals surface area contributed by atoms with Crippen molar-refractivity contribution in [2.45, 2.75) is 36.2 Å². The molecular weight excluding hydrogens is 306 g/mol. The van der Waals surface area contributed by atoms with Crippen molar-refractivity contribution in [1.82, 2.24) is 14.8 Å². The van der Waals surface area contributed by atoms with Crippen LogP contribution in [0.2, 0.25) is 0 Å². The number of thioether (sulfide) groups is 1. The summed E-state index contributed by atoms with van der Waals surface area (Å²) in [5, 5.41) is 18.1. The first-order valence-corrected chi connectivity index (χ1v) is 8.61. The first-order chi connectivity index (χ1) is 10.3. The molecule has 0 radical (unpaired) electrons. The molecule has 21 heavy (non-hydrogen) atoms. The number of H-pyrrole nitrogens is 1. The quantitative estimate of drug-likeness (QED) is 0.653. The van der Waals surface area contributed by atoms with Crippen LogP contribution >= 0.6 is 23.1 Å². The van der Waals surface area contributed by atoms with Gasteiger partial charge in [-0.1, -0.05) is 23.6 Å². The average Bonchev–Trinajstić information content (AvgIpc) is 3.10. The SMILES string of the molecule is O=c1[nH]nc(SCc2cc(C#CCCO)cs2)n1C1CC1. The lowest BCUT2D eigenvalue weighted by Crippen LogP contribution is -2.16. The Labute approximate surface area is 130 Å². The molecule has 2 heterocycles. The van der Waals surface area contributed by atoms with Crippen molar-refractivity contribution in [2.75, 3.05) is 6.61 Å². The van der Waals surface area contributed by atoms with E-state index in [-0.39, 0.29) is 12.3 Å². The zero-order valence-corrected chi connectivity index (χ0v) is 13.0. The maximum absolute atomic E-state index is 11.7. The molecule has 1 aliphatic rings. The van der Waals surface area contributed by atoms with E-state index in [2.05, 4.69) is 22.0 Å². The second-order valence-corrected chi connectivity index (χ2v) is 6.72. The number of hydrogen-bond acceptors (Lipinski definition) is 5. The van der Waals surface area contributed by atoms with E-state index in [0.717, 1.165) is 29.3 Å². The van der Waals surface area contributed by atoms with Gasteiger partial charge in [-0.15, -0.1) is 16.4 Å². The van der Waals surface area contributed by atoms with Crippen LogP contribution in [0.4, 0.5) is 0 Å². The summed E-state index contributed by atoms with van der Waals surface area (Å²) in [5.41, 5.74) is 0.868. The van der Waals surface area contributed by atoms with E-state index in [4.69, 9.17) is 5.11 Å². The van der Waals surface area contributed by atoms with Gasteiger partial charge in [0.05, 0.1) is 6.61 Å². The number of aromatic amines is 1. The lowest BCUT2D eigenvalue weighted by atomic mass is 10.3. The molecule has 110 valence electrons. The highest BCUT2D eigenvalue weighted by Gasteiger charge is 2.28. The van der Waals surface area contributed by atoms with Crippen molar-refractivity contribution in [3.05, 3.63) is 32.4 Å². The fourth-order valence-electron chi connectivity index (χ4n) is 1.92. The molecular formula is C14H15N3O2S2. The summed E-state index contributed by atoms with van der Waals surface area (Å²) in [6.45, 7) is 0.0949. The maximum Gasteiger partial charge on any atom is 0.344 e.